The van der Waals surface area contributed by atoms with Crippen molar-refractivity contribution < 1.29 is 9.53 Å². The van der Waals surface area contributed by atoms with Gasteiger partial charge in [-0.05, 0) is 38.9 Å². The predicted molar refractivity (Wildman–Crippen MR) is 86.8 cm³/mol. The van der Waals surface area contributed by atoms with E-state index < -0.39 is 0 Å². The minimum atomic E-state index is -0.00214. The Morgan fingerprint density at radius 2 is 2.14 bits per heavy atom. The number of carbonyl (C=O) groups excluding carboxylic acids is 1. The highest BCUT2D eigenvalue weighted by Gasteiger charge is 2.09. The lowest BCUT2D eigenvalue weighted by molar-refractivity contribution is -0.122. The molecule has 0 heterocycles. The topological polar surface area (TPSA) is 50.4 Å². The van der Waals surface area contributed by atoms with Gasteiger partial charge in [0.05, 0.1) is 13.0 Å². The first-order chi connectivity index (χ1) is 10.0. The third-order valence-electron chi connectivity index (χ3n) is 2.84. The van der Waals surface area contributed by atoms with Crippen molar-refractivity contribution in [2.24, 2.45) is 0 Å². The highest BCUT2D eigenvalue weighted by molar-refractivity contribution is 6.31. The van der Waals surface area contributed by atoms with Crippen LogP contribution >= 0.6 is 11.6 Å². The van der Waals surface area contributed by atoms with Gasteiger partial charge in [0.1, 0.15) is 5.75 Å². The molecule has 1 aromatic carbocycles. The Kier molecular flexibility index (Phi) is 8.16. The first-order valence-electron chi connectivity index (χ1n) is 7.44. The van der Waals surface area contributed by atoms with Crippen molar-refractivity contribution in [1.82, 2.24) is 10.6 Å². The van der Waals surface area contributed by atoms with Gasteiger partial charge in [-0.15, -0.1) is 0 Å². The van der Waals surface area contributed by atoms with Crippen LogP contribution in [0.25, 0.3) is 0 Å². The number of carbonyl (C=O) groups is 1. The second-order valence-electron chi connectivity index (χ2n) is 5.21. The first kappa shape index (κ1) is 17.8. The van der Waals surface area contributed by atoms with Crippen molar-refractivity contribution in [2.45, 2.75) is 46.2 Å². The molecule has 118 valence electrons. The van der Waals surface area contributed by atoms with Crippen LogP contribution in [0.3, 0.4) is 0 Å². The number of hydrogen-bond donors (Lipinski definition) is 2. The van der Waals surface area contributed by atoms with Crippen LogP contribution < -0.4 is 15.4 Å². The molecular formula is C16H25ClN2O2. The molecule has 0 aromatic heterocycles. The standard InChI is InChI=1S/C16H25ClN2O2/c1-4-9-18-11-13-14(17)6-5-7-15(13)21-10-8-16(20)19-12(2)3/h5-7,12,18H,4,8-11H2,1-3H3,(H,19,20). The molecule has 1 amide bonds. The Morgan fingerprint density at radius 3 is 2.81 bits per heavy atom. The van der Waals surface area contributed by atoms with Crippen LogP contribution in [0.4, 0.5) is 0 Å². The van der Waals surface area contributed by atoms with Gasteiger partial charge >= 0.3 is 0 Å². The van der Waals surface area contributed by atoms with Crippen molar-refractivity contribution in [1.29, 1.82) is 0 Å². The average molecular weight is 313 g/mol. The van der Waals surface area contributed by atoms with Crippen molar-refractivity contribution in [3.8, 4) is 5.75 Å². The molecular weight excluding hydrogens is 288 g/mol. The Hall–Kier alpha value is -1.26. The number of ether oxygens (including phenoxy) is 1. The monoisotopic (exact) mass is 312 g/mol. The maximum absolute atomic E-state index is 11.6. The van der Waals surface area contributed by atoms with E-state index in [0.29, 0.717) is 24.6 Å². The van der Waals surface area contributed by atoms with Gasteiger partial charge in [0.2, 0.25) is 5.91 Å². The normalized spacial score (nSPS) is 10.7. The Balaban J connectivity index is 2.53. The fraction of sp³-hybridized carbons (Fsp3) is 0.562. The minimum absolute atomic E-state index is 0.00214. The van der Waals surface area contributed by atoms with Crippen LogP contribution in [-0.2, 0) is 11.3 Å². The lowest BCUT2D eigenvalue weighted by atomic mass is 10.2. The summed E-state index contributed by atoms with van der Waals surface area (Å²) in [4.78, 5) is 11.6. The van der Waals surface area contributed by atoms with E-state index in [1.54, 1.807) is 0 Å². The zero-order valence-electron chi connectivity index (χ0n) is 13.0. The molecule has 0 fully saturated rings. The molecule has 0 radical (unpaired) electrons. The second kappa shape index (κ2) is 9.64. The molecule has 0 atom stereocenters. The highest BCUT2D eigenvalue weighted by Crippen LogP contribution is 2.26. The van der Waals surface area contributed by atoms with Gasteiger partial charge in [0, 0.05) is 23.2 Å². The molecule has 21 heavy (non-hydrogen) atoms. The summed E-state index contributed by atoms with van der Waals surface area (Å²) in [6.45, 7) is 7.94. The van der Waals surface area contributed by atoms with Gasteiger partial charge < -0.3 is 15.4 Å². The summed E-state index contributed by atoms with van der Waals surface area (Å²) >= 11 is 6.22. The number of rotatable bonds is 9. The van der Waals surface area contributed by atoms with Crippen LogP contribution in [0, 0.1) is 0 Å². The Morgan fingerprint density at radius 1 is 1.38 bits per heavy atom. The molecule has 0 aliphatic rings. The molecule has 5 heteroatoms. The molecule has 0 aliphatic carbocycles. The average Bonchev–Trinajstić information content (AvgIpc) is 2.41. The molecule has 0 unspecified atom stereocenters. The summed E-state index contributed by atoms with van der Waals surface area (Å²) in [6, 6.07) is 5.74. The van der Waals surface area contributed by atoms with Gasteiger partial charge in [0.25, 0.3) is 0 Å². The molecule has 0 saturated carbocycles. The number of benzene rings is 1. The van der Waals surface area contributed by atoms with E-state index in [9.17, 15) is 4.79 Å². The van der Waals surface area contributed by atoms with Crippen molar-refractivity contribution >= 4 is 17.5 Å². The third-order valence-corrected chi connectivity index (χ3v) is 3.19. The largest absolute Gasteiger partial charge is 0.493 e. The molecule has 1 aromatic rings. The predicted octanol–water partition coefficient (Wildman–Crippen LogP) is 3.13. The second-order valence-corrected chi connectivity index (χ2v) is 5.62. The van der Waals surface area contributed by atoms with Crippen LogP contribution in [0.2, 0.25) is 5.02 Å². The molecule has 0 spiro atoms. The lowest BCUT2D eigenvalue weighted by Gasteiger charge is -2.14. The third kappa shape index (κ3) is 6.82. The van der Waals surface area contributed by atoms with Crippen LogP contribution in [-0.4, -0.2) is 25.1 Å². The summed E-state index contributed by atoms with van der Waals surface area (Å²) < 4.78 is 5.72. The van der Waals surface area contributed by atoms with E-state index in [2.05, 4.69) is 17.6 Å². The SMILES string of the molecule is CCCNCc1c(Cl)cccc1OCCC(=O)NC(C)C. The summed E-state index contributed by atoms with van der Waals surface area (Å²) in [5.74, 6) is 0.737. The highest BCUT2D eigenvalue weighted by atomic mass is 35.5. The molecule has 0 bridgehead atoms. The number of hydrogen-bond acceptors (Lipinski definition) is 3. The summed E-state index contributed by atoms with van der Waals surface area (Å²) in [7, 11) is 0. The van der Waals surface area contributed by atoms with Crippen LogP contribution in [0.15, 0.2) is 18.2 Å². The van der Waals surface area contributed by atoms with E-state index in [1.807, 2.05) is 32.0 Å². The Labute approximate surface area is 132 Å². The van der Waals surface area contributed by atoms with E-state index in [4.69, 9.17) is 16.3 Å². The van der Waals surface area contributed by atoms with Gasteiger partial charge in [-0.3, -0.25) is 4.79 Å². The molecule has 0 saturated heterocycles. The van der Waals surface area contributed by atoms with E-state index in [-0.39, 0.29) is 11.9 Å². The zero-order chi connectivity index (χ0) is 15.7. The zero-order valence-corrected chi connectivity index (χ0v) is 13.8. The van der Waals surface area contributed by atoms with Gasteiger partial charge in [0.15, 0.2) is 0 Å². The quantitative estimate of drug-likeness (QED) is 0.689. The van der Waals surface area contributed by atoms with Gasteiger partial charge in [-0.1, -0.05) is 24.6 Å². The minimum Gasteiger partial charge on any atom is -0.493 e. The summed E-state index contributed by atoms with van der Waals surface area (Å²) in [5, 5.41) is 6.84. The number of nitrogens with one attached hydrogen (secondary N) is 2. The van der Waals surface area contributed by atoms with E-state index >= 15 is 0 Å². The van der Waals surface area contributed by atoms with E-state index in [0.717, 1.165) is 24.3 Å². The first-order valence-corrected chi connectivity index (χ1v) is 7.82. The fourth-order valence-corrected chi connectivity index (χ4v) is 2.12. The molecule has 1 rings (SSSR count). The van der Waals surface area contributed by atoms with Crippen LogP contribution in [0.5, 0.6) is 5.75 Å². The van der Waals surface area contributed by atoms with Crippen molar-refractivity contribution in [3.05, 3.63) is 28.8 Å². The molecule has 2 N–H and O–H groups in total. The van der Waals surface area contributed by atoms with E-state index in [1.165, 1.54) is 0 Å². The van der Waals surface area contributed by atoms with Crippen molar-refractivity contribution in [2.75, 3.05) is 13.2 Å². The summed E-state index contributed by atoms with van der Waals surface area (Å²) in [6.07, 6.45) is 1.41. The fourth-order valence-electron chi connectivity index (χ4n) is 1.88. The maximum atomic E-state index is 11.6. The lowest BCUT2D eigenvalue weighted by Crippen LogP contribution is -2.31. The molecule has 4 nitrogen and oxygen atoms in total. The number of halogens is 1. The Bertz CT molecular complexity index is 450. The van der Waals surface area contributed by atoms with Crippen molar-refractivity contribution in [3.63, 3.8) is 0 Å². The number of amides is 1. The van der Waals surface area contributed by atoms with Crippen LogP contribution in [0.1, 0.15) is 39.2 Å². The molecule has 0 aliphatic heterocycles. The van der Waals surface area contributed by atoms with Gasteiger partial charge in [-0.2, -0.15) is 0 Å². The smallest absolute Gasteiger partial charge is 0.223 e. The van der Waals surface area contributed by atoms with Gasteiger partial charge in [-0.25, -0.2) is 0 Å². The summed E-state index contributed by atoms with van der Waals surface area (Å²) in [5.41, 5.74) is 0.942. The maximum Gasteiger partial charge on any atom is 0.223 e.